The number of rotatable bonds is 0. The summed E-state index contributed by atoms with van der Waals surface area (Å²) >= 11 is 0.302. The number of nitrogens with one attached hydrogen (secondary N) is 4. The number of fused-ring (bicyclic) bond motifs is 2. The van der Waals surface area contributed by atoms with Gasteiger partial charge in [-0.2, -0.15) is 0 Å². The van der Waals surface area contributed by atoms with Crippen molar-refractivity contribution in [3.63, 3.8) is 0 Å². The zero-order chi connectivity index (χ0) is 12.7. The van der Waals surface area contributed by atoms with Crippen molar-refractivity contribution in [2.75, 3.05) is 0 Å². The number of hydrogen-bond acceptors (Lipinski definition) is 0. The van der Waals surface area contributed by atoms with E-state index in [1.165, 1.54) is 0 Å². The number of H-pyrrole nitrogens is 4. The average molecular weight is 343 g/mol. The molecule has 0 fully saturated rings. The Bertz CT molecular complexity index is 856. The molecule has 4 N–H and O–H groups in total. The molecule has 4 rings (SSSR count). The molecule has 0 atom stereocenters. The molecule has 0 saturated carbocycles. The molecule has 0 radical (unpaired) electrons. The first-order chi connectivity index (χ1) is 9.38. The Hall–Kier alpha value is -1.96. The Labute approximate surface area is 115 Å². The number of aromatic amines is 4. The van der Waals surface area contributed by atoms with Gasteiger partial charge in [-0.3, -0.25) is 0 Å². The summed E-state index contributed by atoms with van der Waals surface area (Å²) in [6, 6.07) is 16.5. The Kier molecular flexibility index (Phi) is 2.47. The predicted molar refractivity (Wildman–Crippen MR) is 71.8 cm³/mol. The zero-order valence-corrected chi connectivity index (χ0v) is 11.5. The van der Waals surface area contributed by atoms with Gasteiger partial charge in [-0.1, -0.05) is 0 Å². The minimum atomic E-state index is 0.302. The number of hydrogen-bond donors (Lipinski definition) is 4. The van der Waals surface area contributed by atoms with E-state index in [0.717, 1.165) is 29.8 Å². The van der Waals surface area contributed by atoms with Gasteiger partial charge in [-0.25, -0.2) is 0 Å². The molecule has 0 spiro atoms. The van der Waals surface area contributed by atoms with Gasteiger partial charge in [-0.05, 0) is 0 Å². The van der Waals surface area contributed by atoms with Crippen molar-refractivity contribution in [1.82, 2.24) is 19.9 Å². The van der Waals surface area contributed by atoms with Crippen molar-refractivity contribution in [1.29, 1.82) is 0 Å². The molecule has 98 valence electrons. The van der Waals surface area contributed by atoms with Crippen LogP contribution in [-0.2, 0) is 17.1 Å². The fourth-order valence-corrected chi connectivity index (χ4v) is 3.68. The van der Waals surface area contributed by atoms with E-state index in [2.05, 4.69) is 44.2 Å². The first-order valence-electron chi connectivity index (χ1n) is 5.97. The van der Waals surface area contributed by atoms with Crippen molar-refractivity contribution in [3.8, 4) is 0 Å². The van der Waals surface area contributed by atoms with Crippen LogP contribution in [0, 0.1) is 7.78 Å². The van der Waals surface area contributed by atoms with E-state index in [0.29, 0.717) is 17.1 Å². The quantitative estimate of drug-likeness (QED) is 0.355. The van der Waals surface area contributed by atoms with Crippen LogP contribution < -0.4 is 0 Å². The minimum absolute atomic E-state index is 0.302. The molecule has 0 amide bonds. The van der Waals surface area contributed by atoms with Crippen LogP contribution in [0.25, 0.3) is 22.1 Å². The molecule has 0 saturated heterocycles. The van der Waals surface area contributed by atoms with Gasteiger partial charge in [0.25, 0.3) is 0 Å². The van der Waals surface area contributed by atoms with Gasteiger partial charge in [-0.15, -0.1) is 0 Å². The normalized spacial score (nSPS) is 11.6. The second-order valence-corrected chi connectivity index (χ2v) is 6.18. The van der Waals surface area contributed by atoms with Crippen molar-refractivity contribution >= 4 is 22.1 Å². The van der Waals surface area contributed by atoms with Crippen LogP contribution in [0.4, 0.5) is 0 Å². The van der Waals surface area contributed by atoms with Crippen LogP contribution in [0.5, 0.6) is 0 Å². The maximum atomic E-state index is 3.42. The summed E-state index contributed by atoms with van der Waals surface area (Å²) in [4.78, 5) is 13.7. The number of benzene rings is 2. The molecule has 4 aromatic rings. The summed E-state index contributed by atoms with van der Waals surface area (Å²) in [6.07, 6.45) is 0. The van der Waals surface area contributed by atoms with E-state index in [1.54, 1.807) is 0 Å². The molecule has 0 aliphatic carbocycles. The fraction of sp³-hybridized carbons (Fsp3) is 0. The van der Waals surface area contributed by atoms with E-state index < -0.39 is 0 Å². The van der Waals surface area contributed by atoms with Gasteiger partial charge in [0.05, 0.1) is 0 Å². The summed E-state index contributed by atoms with van der Waals surface area (Å²) in [7, 11) is 0. The Balaban J connectivity index is 2.09. The molecule has 2 aromatic carbocycles. The van der Waals surface area contributed by atoms with Crippen molar-refractivity contribution in [2.24, 2.45) is 0 Å². The zero-order valence-electron chi connectivity index (χ0n) is 9.94. The van der Waals surface area contributed by atoms with E-state index in [1.807, 2.05) is 24.3 Å². The maximum absolute atomic E-state index is 3.42. The SMILES string of the molecule is c1ccc2[nH][c](=[Pd]=[c]3[nH]c4ccccc4[nH]3)[nH]c2c1. The first-order valence-corrected chi connectivity index (χ1v) is 7.53. The average Bonchev–Trinajstić information content (AvgIpc) is 3.00. The molecule has 0 aliphatic rings. The fourth-order valence-electron chi connectivity index (χ4n) is 2.06. The van der Waals surface area contributed by atoms with Gasteiger partial charge < -0.3 is 0 Å². The molecular weight excluding hydrogens is 331 g/mol. The standard InChI is InChI=1S/2C7H6N2.Pd/c2*1-2-4-7-6(3-1)8-5-9-7;/h2*1-4,8-9H;. The van der Waals surface area contributed by atoms with Crippen molar-refractivity contribution in [3.05, 3.63) is 56.3 Å². The third kappa shape index (κ3) is 1.97. The van der Waals surface area contributed by atoms with Crippen molar-refractivity contribution < 1.29 is 17.1 Å². The molecule has 5 heteroatoms. The van der Waals surface area contributed by atoms with Crippen LogP contribution in [-0.4, -0.2) is 19.9 Å². The van der Waals surface area contributed by atoms with E-state index >= 15 is 0 Å². The van der Waals surface area contributed by atoms with E-state index in [9.17, 15) is 0 Å². The number of imidazole rings is 2. The summed E-state index contributed by atoms with van der Waals surface area (Å²) in [5, 5.41) is 0. The molecule has 0 unspecified atom stereocenters. The van der Waals surface area contributed by atoms with Gasteiger partial charge in [0.15, 0.2) is 0 Å². The molecule has 2 aromatic heterocycles. The van der Waals surface area contributed by atoms with Crippen molar-refractivity contribution in [2.45, 2.75) is 0 Å². The second-order valence-electron chi connectivity index (χ2n) is 4.24. The van der Waals surface area contributed by atoms with E-state index in [-0.39, 0.29) is 0 Å². The molecule has 0 bridgehead atoms. The second kappa shape index (κ2) is 4.30. The third-order valence-corrected chi connectivity index (χ3v) is 4.51. The summed E-state index contributed by atoms with van der Waals surface area (Å²) < 4.78 is 2.27. The summed E-state index contributed by atoms with van der Waals surface area (Å²) in [6.45, 7) is 0. The van der Waals surface area contributed by atoms with Gasteiger partial charge in [0.1, 0.15) is 0 Å². The third-order valence-electron chi connectivity index (χ3n) is 2.96. The summed E-state index contributed by atoms with van der Waals surface area (Å²) in [5.41, 5.74) is 4.58. The Morgan fingerprint density at radius 1 is 0.526 bits per heavy atom. The van der Waals surface area contributed by atoms with Crippen LogP contribution in [0.3, 0.4) is 0 Å². The molecule has 4 nitrogen and oxygen atoms in total. The van der Waals surface area contributed by atoms with Gasteiger partial charge in [0, 0.05) is 0 Å². The monoisotopic (exact) mass is 342 g/mol. The van der Waals surface area contributed by atoms with Gasteiger partial charge >= 0.3 is 115 Å². The first kappa shape index (κ1) is 10.9. The summed E-state index contributed by atoms with van der Waals surface area (Å²) in [5.74, 6) is 0. The van der Waals surface area contributed by atoms with E-state index in [4.69, 9.17) is 0 Å². The van der Waals surface area contributed by atoms with Gasteiger partial charge in [0.2, 0.25) is 0 Å². The number of aromatic nitrogens is 4. The topological polar surface area (TPSA) is 63.2 Å². The van der Waals surface area contributed by atoms with Crippen LogP contribution in [0.2, 0.25) is 0 Å². The molecule has 19 heavy (non-hydrogen) atoms. The van der Waals surface area contributed by atoms with Crippen LogP contribution in [0.15, 0.2) is 48.5 Å². The van der Waals surface area contributed by atoms with Crippen LogP contribution >= 0.6 is 0 Å². The predicted octanol–water partition coefficient (Wildman–Crippen LogP) is 3.15. The molecular formula is C14H12N4Pd. The van der Waals surface area contributed by atoms with Crippen LogP contribution in [0.1, 0.15) is 0 Å². The Morgan fingerprint density at radius 3 is 1.16 bits per heavy atom. The molecule has 2 heterocycles. The Morgan fingerprint density at radius 2 is 0.842 bits per heavy atom. The molecule has 0 aliphatic heterocycles. The number of para-hydroxylation sites is 4.